The molecule has 0 radical (unpaired) electrons. The summed E-state index contributed by atoms with van der Waals surface area (Å²) in [6, 6.07) is 13.0. The quantitative estimate of drug-likeness (QED) is 0.629. The first-order chi connectivity index (χ1) is 12.9. The first-order valence-corrected chi connectivity index (χ1v) is 11.0. The van der Waals surface area contributed by atoms with Crippen LogP contribution in [0.4, 0.5) is 5.82 Å². The van der Waals surface area contributed by atoms with Crippen LogP contribution < -0.4 is 4.72 Å². The molecule has 0 atom stereocenters. The molecule has 1 fully saturated rings. The Bertz CT molecular complexity index is 1180. The molecule has 3 aromatic rings. The van der Waals surface area contributed by atoms with Gasteiger partial charge in [-0.15, -0.1) is 0 Å². The molecule has 0 bridgehead atoms. The zero-order valence-corrected chi connectivity index (χ0v) is 17.0. The molecule has 0 saturated heterocycles. The highest BCUT2D eigenvalue weighted by atomic mass is 79.9. The molecule has 2 aliphatic carbocycles. The maximum Gasteiger partial charge on any atom is 0.263 e. The van der Waals surface area contributed by atoms with E-state index in [-0.39, 0.29) is 10.3 Å². The van der Waals surface area contributed by atoms with Gasteiger partial charge in [0, 0.05) is 21.0 Å². The summed E-state index contributed by atoms with van der Waals surface area (Å²) in [7, 11) is -3.72. The van der Waals surface area contributed by atoms with Gasteiger partial charge in [-0.3, -0.25) is 4.72 Å². The second-order valence-corrected chi connectivity index (χ2v) is 10.0. The van der Waals surface area contributed by atoms with Crippen LogP contribution in [0.1, 0.15) is 29.5 Å². The van der Waals surface area contributed by atoms with E-state index in [1.54, 1.807) is 18.2 Å². The maximum absolute atomic E-state index is 12.8. The number of rotatable bonds is 3. The van der Waals surface area contributed by atoms with Crippen molar-refractivity contribution in [3.05, 3.63) is 63.6 Å². The van der Waals surface area contributed by atoms with Gasteiger partial charge in [-0.05, 0) is 61.6 Å². The van der Waals surface area contributed by atoms with E-state index in [0.717, 1.165) is 40.4 Å². The Hall–Kier alpha value is -2.12. The third-order valence-corrected chi connectivity index (χ3v) is 7.32. The summed E-state index contributed by atoms with van der Waals surface area (Å²) in [5.74, 6) is 0.953. The van der Waals surface area contributed by atoms with E-state index < -0.39 is 10.0 Å². The molecule has 0 unspecified atom stereocenters. The van der Waals surface area contributed by atoms with Gasteiger partial charge in [0.1, 0.15) is 0 Å². The molecule has 5 rings (SSSR count). The fourth-order valence-corrected chi connectivity index (χ4v) is 5.42. The predicted octanol–water partition coefficient (Wildman–Crippen LogP) is 4.80. The molecule has 1 spiro atoms. The van der Waals surface area contributed by atoms with Crippen LogP contribution in [0.25, 0.3) is 11.3 Å². The van der Waals surface area contributed by atoms with Gasteiger partial charge in [-0.25, -0.2) is 8.42 Å². The summed E-state index contributed by atoms with van der Waals surface area (Å²) in [5, 5.41) is 4.07. The summed E-state index contributed by atoms with van der Waals surface area (Å²) in [6.07, 6.45) is 2.93. The van der Waals surface area contributed by atoms with Gasteiger partial charge in [-0.2, -0.15) is 0 Å². The molecule has 0 amide bonds. The number of hydrogen-bond acceptors (Lipinski definition) is 4. The molecule has 0 aliphatic heterocycles. The molecular weight excluding hydrogens is 428 g/mol. The summed E-state index contributed by atoms with van der Waals surface area (Å²) in [6.45, 7) is 1.86. The van der Waals surface area contributed by atoms with Crippen molar-refractivity contribution in [2.75, 3.05) is 4.72 Å². The lowest BCUT2D eigenvalue weighted by Gasteiger charge is -2.24. The van der Waals surface area contributed by atoms with Gasteiger partial charge >= 0.3 is 0 Å². The van der Waals surface area contributed by atoms with Gasteiger partial charge in [0.25, 0.3) is 10.0 Å². The third kappa shape index (κ3) is 2.72. The number of sulfonamides is 1. The fourth-order valence-electron chi connectivity index (χ4n) is 3.93. The van der Waals surface area contributed by atoms with Crippen LogP contribution in [0, 0.1) is 6.92 Å². The molecule has 1 aromatic heterocycles. The lowest BCUT2D eigenvalue weighted by molar-refractivity contribution is 0.431. The number of nitrogens with zero attached hydrogens (tertiary/aromatic N) is 1. The van der Waals surface area contributed by atoms with Gasteiger partial charge in [0.05, 0.1) is 4.90 Å². The van der Waals surface area contributed by atoms with Crippen molar-refractivity contribution in [2.45, 2.75) is 36.5 Å². The van der Waals surface area contributed by atoms with E-state index in [4.69, 9.17) is 4.52 Å². The van der Waals surface area contributed by atoms with Crippen LogP contribution >= 0.6 is 15.9 Å². The zero-order chi connectivity index (χ0) is 18.8. The van der Waals surface area contributed by atoms with Crippen molar-refractivity contribution in [2.24, 2.45) is 0 Å². The molecule has 1 saturated carbocycles. The minimum absolute atomic E-state index is 0.0815. The second kappa shape index (κ2) is 5.69. The number of hydrogen-bond donors (Lipinski definition) is 1. The highest BCUT2D eigenvalue weighted by Gasteiger charge is 2.50. The number of aryl methyl sites for hydroxylation is 1. The lowest BCUT2D eigenvalue weighted by Crippen LogP contribution is -2.19. The SMILES string of the molecule is Cc1cccc(S(=O)(=O)Nc2noc3c2CC2(CC2)c2ccc(Br)cc2-3)c1. The largest absolute Gasteiger partial charge is 0.354 e. The first-order valence-electron chi connectivity index (χ1n) is 8.76. The third-order valence-electron chi connectivity index (χ3n) is 5.49. The van der Waals surface area contributed by atoms with Crippen LogP contribution in [0.3, 0.4) is 0 Å². The normalized spacial score (nSPS) is 16.7. The Morgan fingerprint density at radius 1 is 1.19 bits per heavy atom. The highest BCUT2D eigenvalue weighted by Crippen LogP contribution is 2.58. The van der Waals surface area contributed by atoms with Crippen molar-refractivity contribution in [3.63, 3.8) is 0 Å². The summed E-state index contributed by atoms with van der Waals surface area (Å²) in [4.78, 5) is 0.222. The maximum atomic E-state index is 12.8. The van der Waals surface area contributed by atoms with Crippen molar-refractivity contribution in [1.29, 1.82) is 0 Å². The number of halogens is 1. The minimum atomic E-state index is -3.72. The average Bonchev–Trinajstić information content (AvgIpc) is 3.29. The van der Waals surface area contributed by atoms with E-state index in [1.807, 2.05) is 25.1 Å². The molecule has 27 heavy (non-hydrogen) atoms. The van der Waals surface area contributed by atoms with Gasteiger partial charge in [-0.1, -0.05) is 39.3 Å². The zero-order valence-electron chi connectivity index (χ0n) is 14.6. The summed E-state index contributed by atoms with van der Waals surface area (Å²) < 4.78 is 34.8. The van der Waals surface area contributed by atoms with E-state index in [2.05, 4.69) is 31.9 Å². The topological polar surface area (TPSA) is 72.2 Å². The van der Waals surface area contributed by atoms with Gasteiger partial charge < -0.3 is 4.52 Å². The predicted molar refractivity (Wildman–Crippen MR) is 106 cm³/mol. The standard InChI is InChI=1S/C20H17BrN2O3S/c1-12-3-2-4-14(9-12)27(24,25)23-19-16-11-20(7-8-20)17-6-5-13(21)10-15(17)18(16)26-22-19/h2-6,9-10H,7-8,11H2,1H3,(H,22,23). The van der Waals surface area contributed by atoms with E-state index in [9.17, 15) is 8.42 Å². The van der Waals surface area contributed by atoms with E-state index in [0.29, 0.717) is 11.6 Å². The van der Waals surface area contributed by atoms with Crippen molar-refractivity contribution in [1.82, 2.24) is 5.16 Å². The number of benzene rings is 2. The Morgan fingerprint density at radius 2 is 2.00 bits per heavy atom. The van der Waals surface area contributed by atoms with Crippen LogP contribution in [0.5, 0.6) is 0 Å². The Labute approximate surface area is 166 Å². The molecule has 2 aliphatic rings. The smallest absolute Gasteiger partial charge is 0.263 e. The lowest BCUT2D eigenvalue weighted by atomic mass is 9.79. The van der Waals surface area contributed by atoms with Crippen molar-refractivity contribution < 1.29 is 12.9 Å². The van der Waals surface area contributed by atoms with Crippen LogP contribution in [-0.2, 0) is 21.9 Å². The molecule has 1 N–H and O–H groups in total. The Morgan fingerprint density at radius 3 is 2.74 bits per heavy atom. The van der Waals surface area contributed by atoms with Crippen LogP contribution in [0.15, 0.2) is 56.4 Å². The molecule has 1 heterocycles. The Kier molecular flexibility index (Phi) is 3.58. The molecule has 7 heteroatoms. The highest BCUT2D eigenvalue weighted by molar-refractivity contribution is 9.10. The van der Waals surface area contributed by atoms with E-state index >= 15 is 0 Å². The second-order valence-electron chi connectivity index (χ2n) is 7.41. The number of fused-ring (bicyclic) bond motifs is 4. The van der Waals surface area contributed by atoms with Crippen molar-refractivity contribution in [3.8, 4) is 11.3 Å². The molecule has 5 nitrogen and oxygen atoms in total. The number of anilines is 1. The van der Waals surface area contributed by atoms with Gasteiger partial charge in [0.15, 0.2) is 11.6 Å². The molecule has 2 aromatic carbocycles. The Balaban J connectivity index is 1.58. The number of aromatic nitrogens is 1. The van der Waals surface area contributed by atoms with Crippen LogP contribution in [-0.4, -0.2) is 13.6 Å². The first kappa shape index (κ1) is 17.0. The summed E-state index contributed by atoms with van der Waals surface area (Å²) in [5.41, 5.74) is 4.07. The molecular formula is C20H17BrN2O3S. The summed E-state index contributed by atoms with van der Waals surface area (Å²) >= 11 is 3.52. The van der Waals surface area contributed by atoms with E-state index in [1.165, 1.54) is 5.56 Å². The van der Waals surface area contributed by atoms with Gasteiger partial charge in [0.2, 0.25) is 0 Å². The van der Waals surface area contributed by atoms with Crippen molar-refractivity contribution >= 4 is 31.8 Å². The fraction of sp³-hybridized carbons (Fsp3) is 0.250. The molecule has 138 valence electrons. The van der Waals surface area contributed by atoms with Crippen LogP contribution in [0.2, 0.25) is 0 Å². The monoisotopic (exact) mass is 444 g/mol. The minimum Gasteiger partial charge on any atom is -0.354 e. The average molecular weight is 445 g/mol. The number of nitrogens with one attached hydrogen (secondary N) is 1.